The van der Waals surface area contributed by atoms with E-state index in [1.165, 1.54) is 4.90 Å². The van der Waals surface area contributed by atoms with Crippen molar-refractivity contribution in [2.24, 2.45) is 11.8 Å². The van der Waals surface area contributed by atoms with Crippen molar-refractivity contribution in [3.63, 3.8) is 0 Å². The summed E-state index contributed by atoms with van der Waals surface area (Å²) < 4.78 is 8.73. The molecule has 4 aliphatic rings. The van der Waals surface area contributed by atoms with E-state index in [4.69, 9.17) is 24.8 Å². The van der Waals surface area contributed by atoms with Gasteiger partial charge in [0.15, 0.2) is 15.6 Å². The molecule has 1 aromatic carbocycles. The highest BCUT2D eigenvalue weighted by Crippen LogP contribution is 2.65. The van der Waals surface area contributed by atoms with Crippen LogP contribution in [0.1, 0.15) is 56.9 Å². The minimum absolute atomic E-state index is 0.114. The number of hydrogen-bond donors (Lipinski definition) is 0. The van der Waals surface area contributed by atoms with Crippen molar-refractivity contribution < 1.29 is 14.3 Å². The Balaban J connectivity index is 1.09. The molecule has 0 radical (unpaired) electrons. The number of benzene rings is 1. The summed E-state index contributed by atoms with van der Waals surface area (Å²) in [5, 5.41) is 7.79. The topological polar surface area (TPSA) is 106 Å². The van der Waals surface area contributed by atoms with E-state index >= 15 is 0 Å². The number of rotatable bonds is 5. The second-order valence-corrected chi connectivity index (χ2v) is 13.0. The Labute approximate surface area is 247 Å². The highest BCUT2D eigenvalue weighted by atomic mass is 127. The largest absolute Gasteiger partial charge is 0.356 e. The molecule has 1 saturated carbocycles. The van der Waals surface area contributed by atoms with Crippen molar-refractivity contribution >= 4 is 62.7 Å². The first-order chi connectivity index (χ1) is 19.5. The summed E-state index contributed by atoms with van der Waals surface area (Å²) >= 11 is 3.85. The highest BCUT2D eigenvalue weighted by Gasteiger charge is 2.71. The molecule has 4 aromatic rings. The number of thiazole rings is 1. The molecule has 2 unspecified atom stereocenters. The molecule has 40 heavy (non-hydrogen) atoms. The first-order valence-electron chi connectivity index (χ1n) is 13.6. The zero-order chi connectivity index (χ0) is 27.2. The Hall–Kier alpha value is -2.97. The fourth-order valence-electron chi connectivity index (χ4n) is 6.89. The van der Waals surface area contributed by atoms with Gasteiger partial charge in [0.2, 0.25) is 0 Å². The number of piperidine rings is 1. The number of fused-ring (bicyclic) bond motifs is 3. The van der Waals surface area contributed by atoms with Crippen molar-refractivity contribution in [1.82, 2.24) is 29.6 Å². The van der Waals surface area contributed by atoms with E-state index in [1.807, 2.05) is 29.9 Å². The third-order valence-electron chi connectivity index (χ3n) is 8.95. The second kappa shape index (κ2) is 9.02. The summed E-state index contributed by atoms with van der Waals surface area (Å²) in [7, 11) is 0. The van der Waals surface area contributed by atoms with E-state index in [0.717, 1.165) is 70.3 Å². The monoisotopic (exact) mass is 667 g/mol. The summed E-state index contributed by atoms with van der Waals surface area (Å²) in [4.78, 5) is 44.9. The van der Waals surface area contributed by atoms with Crippen molar-refractivity contribution in [3.8, 4) is 0 Å². The van der Waals surface area contributed by atoms with Gasteiger partial charge < -0.3 is 9.64 Å². The maximum Gasteiger partial charge on any atom is 0.261 e. The highest BCUT2D eigenvalue weighted by molar-refractivity contribution is 14.1. The lowest BCUT2D eigenvalue weighted by Crippen LogP contribution is -2.42. The fourth-order valence-corrected chi connectivity index (χ4v) is 8.62. The molecule has 0 N–H and O–H groups in total. The van der Waals surface area contributed by atoms with Crippen LogP contribution in [0.3, 0.4) is 0 Å². The molecule has 3 aromatic heterocycles. The molecule has 3 fully saturated rings. The van der Waals surface area contributed by atoms with Crippen LogP contribution >= 0.6 is 33.9 Å². The smallest absolute Gasteiger partial charge is 0.261 e. The van der Waals surface area contributed by atoms with Gasteiger partial charge in [-0.15, -0.1) is 11.3 Å². The maximum atomic E-state index is 13.3. The van der Waals surface area contributed by atoms with Crippen LogP contribution in [0.25, 0.3) is 11.2 Å². The zero-order valence-corrected chi connectivity index (χ0v) is 24.8. The van der Waals surface area contributed by atoms with Gasteiger partial charge in [0.25, 0.3) is 11.8 Å². The minimum atomic E-state index is -0.340. The molecular weight excluding hydrogens is 641 g/mol. The van der Waals surface area contributed by atoms with Crippen LogP contribution in [0.2, 0.25) is 0 Å². The van der Waals surface area contributed by atoms with Gasteiger partial charge in [-0.3, -0.25) is 14.5 Å². The van der Waals surface area contributed by atoms with Gasteiger partial charge in [0.1, 0.15) is 16.3 Å². The van der Waals surface area contributed by atoms with Gasteiger partial charge in [-0.2, -0.15) is 5.10 Å². The van der Waals surface area contributed by atoms with Gasteiger partial charge in [0, 0.05) is 37.3 Å². The van der Waals surface area contributed by atoms with E-state index < -0.39 is 0 Å². The van der Waals surface area contributed by atoms with E-state index in [1.54, 1.807) is 23.5 Å². The van der Waals surface area contributed by atoms with E-state index in [9.17, 15) is 9.59 Å². The number of carbonyl (C=O) groups excluding carboxylic acids is 2. The minimum Gasteiger partial charge on any atom is -0.356 e. The number of ether oxygens (including phenoxy) is 1. The first-order valence-corrected chi connectivity index (χ1v) is 15.6. The third kappa shape index (κ3) is 3.54. The normalized spacial score (nSPS) is 27.5. The van der Waals surface area contributed by atoms with Crippen molar-refractivity contribution in [1.29, 1.82) is 0 Å². The third-order valence-corrected chi connectivity index (χ3v) is 10.8. The summed E-state index contributed by atoms with van der Waals surface area (Å²) in [5.41, 5.74) is 3.15. The lowest BCUT2D eigenvalue weighted by molar-refractivity contribution is -0.0372. The van der Waals surface area contributed by atoms with Crippen LogP contribution in [0, 0.1) is 22.5 Å². The predicted octanol–water partition coefficient (Wildman–Crippen LogP) is 4.20. The lowest BCUT2D eigenvalue weighted by Gasteiger charge is -2.29. The molecule has 12 heteroatoms. The SMILES string of the molecule is Cc1csc(C2(CN3C(=O)c4ccccc4C3=O)[C@@H]3CN(c4cnc5c(I)nn(C6CCCCO6)c5n4)C[C@@H]32)n1. The summed E-state index contributed by atoms with van der Waals surface area (Å²) in [6.45, 7) is 4.60. The quantitative estimate of drug-likeness (QED) is 0.231. The summed E-state index contributed by atoms with van der Waals surface area (Å²) in [5.74, 6) is 0.912. The lowest BCUT2D eigenvalue weighted by atomic mass is 9.99. The number of halogens is 1. The molecule has 6 heterocycles. The zero-order valence-electron chi connectivity index (χ0n) is 21.8. The first kappa shape index (κ1) is 24.8. The Kier molecular flexibility index (Phi) is 5.59. The summed E-state index contributed by atoms with van der Waals surface area (Å²) in [6.07, 6.45) is 4.82. The molecular formula is C28H26IN7O3S. The molecule has 8 rings (SSSR count). The Morgan fingerprint density at radius 1 is 1.10 bits per heavy atom. The molecule has 0 bridgehead atoms. The van der Waals surface area contributed by atoms with Gasteiger partial charge in [0.05, 0.1) is 22.7 Å². The number of carbonyl (C=O) groups is 2. The van der Waals surface area contributed by atoms with Gasteiger partial charge >= 0.3 is 0 Å². The van der Waals surface area contributed by atoms with Gasteiger partial charge in [-0.25, -0.2) is 19.6 Å². The van der Waals surface area contributed by atoms with Crippen LogP contribution < -0.4 is 4.90 Å². The molecule has 204 valence electrons. The Morgan fingerprint density at radius 3 is 2.50 bits per heavy atom. The van der Waals surface area contributed by atoms with Crippen LogP contribution in [0.15, 0.2) is 35.8 Å². The standard InChI is InChI=1S/C28H26IN7O3S/c1-15-13-40-27(31-15)28(14-35-25(37)16-6-2-3-7-17(16)26(35)38)18-11-34(12-19(18)28)20-10-30-22-23(29)33-36(24(22)32-20)21-8-4-5-9-39-21/h2-3,6-7,10,13,18-19,21H,4-5,8-9,11-12,14H2,1H3/t18-,19+,21?,28?. The van der Waals surface area contributed by atoms with Gasteiger partial charge in [-0.05, 0) is 72.7 Å². The molecule has 3 aliphatic heterocycles. The van der Waals surface area contributed by atoms with E-state index in [0.29, 0.717) is 17.7 Å². The molecule has 4 atom stereocenters. The van der Waals surface area contributed by atoms with Gasteiger partial charge in [-0.1, -0.05) is 12.1 Å². The van der Waals surface area contributed by atoms with Crippen LogP contribution in [-0.4, -0.2) is 67.7 Å². The Bertz CT molecular complexity index is 1650. The number of nitrogens with zero attached hydrogens (tertiary/aromatic N) is 7. The molecule has 10 nitrogen and oxygen atoms in total. The van der Waals surface area contributed by atoms with Crippen molar-refractivity contribution in [2.75, 3.05) is 31.1 Å². The van der Waals surface area contributed by atoms with E-state index in [-0.39, 0.29) is 35.3 Å². The average Bonchev–Trinajstić information content (AvgIpc) is 3.50. The molecule has 2 amide bonds. The second-order valence-electron chi connectivity index (χ2n) is 11.2. The van der Waals surface area contributed by atoms with Crippen LogP contribution in [0.5, 0.6) is 0 Å². The molecule has 1 aliphatic carbocycles. The number of imide groups is 1. The maximum absolute atomic E-state index is 13.3. The summed E-state index contributed by atoms with van der Waals surface area (Å²) in [6, 6.07) is 7.10. The number of hydrogen-bond acceptors (Lipinski definition) is 9. The number of amides is 2. The van der Waals surface area contributed by atoms with E-state index in [2.05, 4.69) is 32.9 Å². The number of anilines is 1. The van der Waals surface area contributed by atoms with Crippen molar-refractivity contribution in [2.45, 2.75) is 37.8 Å². The molecule has 2 saturated heterocycles. The Morgan fingerprint density at radius 2 is 1.85 bits per heavy atom. The number of aromatic nitrogens is 5. The fraction of sp³-hybridized carbons (Fsp3) is 0.429. The predicted molar refractivity (Wildman–Crippen MR) is 156 cm³/mol. The van der Waals surface area contributed by atoms with Crippen molar-refractivity contribution in [3.05, 3.63) is 61.4 Å². The molecule has 0 spiro atoms. The van der Waals surface area contributed by atoms with Crippen LogP contribution in [-0.2, 0) is 10.2 Å². The average molecular weight is 668 g/mol. The number of aryl methyl sites for hydroxylation is 1. The van der Waals surface area contributed by atoms with Crippen LogP contribution in [0.4, 0.5) is 5.82 Å².